The number of fused-ring (bicyclic) bond motifs is 6. The SMILES string of the molecule is CCN(CC)P1(=NC(C)(C)C)N(C)CCCN1C.COC(=O)[C@H]1[C@H]2C[C@@H]3c4[nH]c5cc(OC)ccc5c4CCN3C[C@H]2C[C@@H](OC(=O)c2cc(OC)c(OC)c(OC)c2)[C@@H]1OC. The number of aromatic nitrogens is 1. The number of carbonyl (C=O) groups is 2. The van der Waals surface area contributed by atoms with E-state index in [0.29, 0.717) is 23.7 Å². The summed E-state index contributed by atoms with van der Waals surface area (Å²) < 4.78 is 52.0. The van der Waals surface area contributed by atoms with Crippen LogP contribution in [0.1, 0.15) is 81.5 Å². The molecule has 4 heterocycles. The first-order chi connectivity index (χ1) is 29.6. The molecule has 3 fully saturated rings. The maximum atomic E-state index is 13.5. The van der Waals surface area contributed by atoms with Crippen LogP contribution in [0.25, 0.3) is 10.9 Å². The van der Waals surface area contributed by atoms with Crippen LogP contribution in [-0.4, -0.2) is 150 Å². The monoisotopic (exact) mass is 883 g/mol. The predicted molar refractivity (Wildman–Crippen MR) is 243 cm³/mol. The molecule has 2 aromatic carbocycles. The topological polar surface area (TPSA) is 140 Å². The van der Waals surface area contributed by atoms with E-state index in [1.54, 1.807) is 26.4 Å². The summed E-state index contributed by atoms with van der Waals surface area (Å²) in [6.45, 7) is 17.3. The van der Waals surface area contributed by atoms with Crippen LogP contribution in [0.15, 0.2) is 35.1 Å². The zero-order valence-corrected chi connectivity index (χ0v) is 40.2. The lowest BCUT2D eigenvalue weighted by Crippen LogP contribution is -2.58. The normalized spacial score (nSPS) is 25.1. The number of rotatable bonds is 11. The summed E-state index contributed by atoms with van der Waals surface area (Å²) in [5.74, 6) is 0.441. The number of hydrogen-bond donors (Lipinski definition) is 1. The second kappa shape index (κ2) is 19.9. The average Bonchev–Trinajstić information content (AvgIpc) is 3.64. The second-order valence-corrected chi connectivity index (χ2v) is 21.0. The molecule has 4 aliphatic rings. The molecule has 1 saturated carbocycles. The Morgan fingerprint density at radius 1 is 0.887 bits per heavy atom. The van der Waals surface area contributed by atoms with Gasteiger partial charge in [-0.05, 0) is 102 Å². The molecule has 0 unspecified atom stereocenters. The number of aromatic amines is 1. The van der Waals surface area contributed by atoms with Crippen LogP contribution in [-0.2, 0) is 25.4 Å². The molecule has 0 bridgehead atoms. The molecule has 1 N–H and O–H groups in total. The quantitative estimate of drug-likeness (QED) is 0.150. The van der Waals surface area contributed by atoms with Crippen molar-refractivity contribution in [2.75, 3.05) is 96.0 Å². The second-order valence-electron chi connectivity index (χ2n) is 17.8. The Balaban J connectivity index is 0.000000300. The van der Waals surface area contributed by atoms with Gasteiger partial charge in [-0.25, -0.2) is 18.8 Å². The van der Waals surface area contributed by atoms with Crippen molar-refractivity contribution in [1.82, 2.24) is 23.9 Å². The van der Waals surface area contributed by atoms with Crippen LogP contribution in [0.5, 0.6) is 23.0 Å². The number of esters is 2. The van der Waals surface area contributed by atoms with Crippen molar-refractivity contribution in [2.24, 2.45) is 22.5 Å². The highest BCUT2D eigenvalue weighted by molar-refractivity contribution is 7.59. The Labute approximate surface area is 368 Å². The molecule has 0 amide bonds. The molecule has 0 radical (unpaired) electrons. The molecule has 62 heavy (non-hydrogen) atoms. The highest BCUT2D eigenvalue weighted by Crippen LogP contribution is 2.61. The fourth-order valence-corrected chi connectivity index (χ4v) is 14.7. The largest absolute Gasteiger partial charge is 0.497 e. The van der Waals surface area contributed by atoms with Gasteiger partial charge in [0.1, 0.15) is 18.0 Å². The summed E-state index contributed by atoms with van der Waals surface area (Å²) in [6.07, 6.45) is 2.17. The summed E-state index contributed by atoms with van der Waals surface area (Å²) in [6, 6.07) is 9.40. The van der Waals surface area contributed by atoms with Crippen molar-refractivity contribution in [3.05, 3.63) is 47.2 Å². The van der Waals surface area contributed by atoms with Gasteiger partial charge in [0.25, 0.3) is 0 Å². The first-order valence-electron chi connectivity index (χ1n) is 22.0. The molecule has 0 spiro atoms. The summed E-state index contributed by atoms with van der Waals surface area (Å²) in [5, 5.41) is 1.21. The molecular weight excluding hydrogens is 812 g/mol. The molecule has 1 aliphatic carbocycles. The van der Waals surface area contributed by atoms with E-state index in [4.69, 9.17) is 37.9 Å². The van der Waals surface area contributed by atoms with E-state index in [-0.39, 0.29) is 34.9 Å². The third-order valence-corrected chi connectivity index (χ3v) is 17.6. The zero-order chi connectivity index (χ0) is 45.1. The van der Waals surface area contributed by atoms with Gasteiger partial charge in [0.05, 0.1) is 58.6 Å². The molecule has 6 atom stereocenters. The maximum absolute atomic E-state index is 13.5. The lowest BCUT2D eigenvalue weighted by Gasteiger charge is -2.52. The Hall–Kier alpha value is -3.85. The first-order valence-corrected chi connectivity index (χ1v) is 23.6. The van der Waals surface area contributed by atoms with Gasteiger partial charge < -0.3 is 38.1 Å². The highest BCUT2D eigenvalue weighted by atomic mass is 31.2. The Morgan fingerprint density at radius 3 is 2.10 bits per heavy atom. The van der Waals surface area contributed by atoms with E-state index in [9.17, 15) is 9.59 Å². The van der Waals surface area contributed by atoms with Crippen LogP contribution < -0.4 is 18.9 Å². The van der Waals surface area contributed by atoms with Crippen LogP contribution in [0.3, 0.4) is 0 Å². The number of hydrogen-bond acceptors (Lipinski definition) is 11. The van der Waals surface area contributed by atoms with Crippen molar-refractivity contribution in [3.8, 4) is 23.0 Å². The molecule has 2 saturated heterocycles. The van der Waals surface area contributed by atoms with Crippen molar-refractivity contribution >= 4 is 30.3 Å². The number of carbonyl (C=O) groups excluding carboxylic acids is 2. The lowest BCUT2D eigenvalue weighted by molar-refractivity contribution is -0.176. The van der Waals surface area contributed by atoms with Gasteiger partial charge in [-0.3, -0.25) is 14.4 Å². The fourth-order valence-electron chi connectivity index (χ4n) is 10.5. The Kier molecular flexibility index (Phi) is 15.3. The molecule has 16 heteroatoms. The van der Waals surface area contributed by atoms with E-state index in [2.05, 4.69) is 78.7 Å². The van der Waals surface area contributed by atoms with Gasteiger partial charge in [-0.15, -0.1) is 0 Å². The van der Waals surface area contributed by atoms with Crippen LogP contribution in [0.4, 0.5) is 0 Å². The van der Waals surface area contributed by atoms with E-state index in [1.807, 2.05) is 12.1 Å². The first kappa shape index (κ1) is 47.6. The number of H-pyrrole nitrogens is 1. The minimum Gasteiger partial charge on any atom is -0.497 e. The van der Waals surface area contributed by atoms with Crippen molar-refractivity contribution in [3.63, 3.8) is 0 Å². The summed E-state index contributed by atoms with van der Waals surface area (Å²) in [7, 11) is 11.9. The molecule has 7 rings (SSSR count). The number of benzene rings is 2. The van der Waals surface area contributed by atoms with Crippen molar-refractivity contribution < 1.29 is 42.7 Å². The van der Waals surface area contributed by atoms with Crippen LogP contribution >= 0.6 is 7.51 Å². The molecule has 15 nitrogen and oxygen atoms in total. The van der Waals surface area contributed by atoms with Crippen molar-refractivity contribution in [1.29, 1.82) is 0 Å². The molecular formula is C46H71N6O9P. The van der Waals surface area contributed by atoms with Crippen molar-refractivity contribution in [2.45, 2.75) is 84.1 Å². The van der Waals surface area contributed by atoms with Gasteiger partial charge in [-0.2, -0.15) is 0 Å². The molecule has 3 aliphatic heterocycles. The summed E-state index contributed by atoms with van der Waals surface area (Å²) >= 11 is 0. The third kappa shape index (κ3) is 9.21. The molecule has 344 valence electrons. The van der Waals surface area contributed by atoms with Crippen LogP contribution in [0, 0.1) is 17.8 Å². The lowest BCUT2D eigenvalue weighted by atomic mass is 9.63. The average molecular weight is 883 g/mol. The van der Waals surface area contributed by atoms with Crippen LogP contribution in [0.2, 0.25) is 0 Å². The summed E-state index contributed by atoms with van der Waals surface area (Å²) in [4.78, 5) is 33.1. The Morgan fingerprint density at radius 2 is 1.55 bits per heavy atom. The minimum atomic E-state index is -1.68. The van der Waals surface area contributed by atoms with E-state index >= 15 is 0 Å². The number of piperidine rings is 1. The van der Waals surface area contributed by atoms with E-state index in [0.717, 1.165) is 63.4 Å². The number of ether oxygens (including phenoxy) is 7. The molecule has 1 aromatic heterocycles. The van der Waals surface area contributed by atoms with E-state index in [1.165, 1.54) is 51.5 Å². The zero-order valence-electron chi connectivity index (χ0n) is 39.3. The number of nitrogens with zero attached hydrogens (tertiary/aromatic N) is 5. The Bertz CT molecular complexity index is 2060. The van der Waals surface area contributed by atoms with Gasteiger partial charge in [0.2, 0.25) is 5.75 Å². The minimum absolute atomic E-state index is 0.0101. The molecule has 3 aromatic rings. The van der Waals surface area contributed by atoms with E-state index < -0.39 is 31.6 Å². The smallest absolute Gasteiger partial charge is 0.338 e. The highest BCUT2D eigenvalue weighted by Gasteiger charge is 2.54. The summed E-state index contributed by atoms with van der Waals surface area (Å²) in [5.41, 5.74) is 3.84. The third-order valence-electron chi connectivity index (χ3n) is 13.2. The maximum Gasteiger partial charge on any atom is 0.338 e. The van der Waals surface area contributed by atoms with Gasteiger partial charge in [-0.1, -0.05) is 13.8 Å². The van der Waals surface area contributed by atoms with Gasteiger partial charge in [0, 0.05) is 69.0 Å². The standard InChI is InChI=1S/C33H40N2O9.C13H31N4P/c1-38-19-7-8-20-21-9-10-35-16-18-13-27(44-32(36)17-11-25(39-2)30(41-4)26(12-17)40-3)31(42-5)28(33(37)43-6)22(18)15-24(35)29(21)34-23(20)14-19;1-8-17(9-2)18(14-13(3,4)5)15(6)11-10-12-16(18)7/h7-8,11-12,14,18,22,24,27-28,31,34H,9-10,13,15-16H2,1-6H3;8-12H2,1-7H3/t18-,22+,24-,27-,28+,31+;/m1./s1. The van der Waals surface area contributed by atoms with Gasteiger partial charge in [0.15, 0.2) is 19.0 Å². The predicted octanol–water partition coefficient (Wildman–Crippen LogP) is 7.51. The van der Waals surface area contributed by atoms with Gasteiger partial charge >= 0.3 is 11.9 Å². The number of nitrogens with one attached hydrogen (secondary N) is 1. The number of methoxy groups -OCH3 is 6. The fraction of sp³-hybridized carbons (Fsp3) is 0.652.